The molecule has 0 N–H and O–H groups in total. The number of benzene rings is 2. The van der Waals surface area contributed by atoms with Crippen molar-refractivity contribution in [2.45, 2.75) is 6.10 Å². The lowest BCUT2D eigenvalue weighted by Crippen LogP contribution is -2.03. The van der Waals surface area contributed by atoms with Crippen molar-refractivity contribution >= 4 is 10.5 Å². The van der Waals surface area contributed by atoms with E-state index in [0.717, 1.165) is 0 Å². The van der Waals surface area contributed by atoms with Crippen molar-refractivity contribution in [3.63, 3.8) is 0 Å². The summed E-state index contributed by atoms with van der Waals surface area (Å²) in [7, 11) is 1.54. The summed E-state index contributed by atoms with van der Waals surface area (Å²) in [6.07, 6.45) is 0.0470. The first-order chi connectivity index (χ1) is 7.42. The van der Waals surface area contributed by atoms with Crippen LogP contribution < -0.4 is 0 Å². The van der Waals surface area contributed by atoms with Gasteiger partial charge < -0.3 is 4.43 Å². The van der Waals surface area contributed by atoms with E-state index < -0.39 is 0 Å². The molecule has 0 aliphatic heterocycles. The lowest BCUT2D eigenvalue weighted by Gasteiger charge is -2.16. The Bertz CT molecular complexity index is 360. The van der Waals surface area contributed by atoms with Crippen molar-refractivity contribution < 1.29 is 4.43 Å². The first-order valence-corrected chi connectivity index (χ1v) is 5.50. The van der Waals surface area contributed by atoms with E-state index in [1.807, 2.05) is 36.4 Å². The van der Waals surface area contributed by atoms with Crippen molar-refractivity contribution in [2.75, 3.05) is 0 Å². The zero-order valence-electron chi connectivity index (χ0n) is 8.47. The van der Waals surface area contributed by atoms with Gasteiger partial charge in [0.05, 0.1) is 6.10 Å². The van der Waals surface area contributed by atoms with Crippen LogP contribution in [-0.4, -0.2) is 10.5 Å². The van der Waals surface area contributed by atoms with Gasteiger partial charge in [0.15, 0.2) is 10.5 Å². The van der Waals surface area contributed by atoms with Crippen LogP contribution in [0.15, 0.2) is 60.7 Å². The molecule has 0 aromatic heterocycles. The second-order valence-electron chi connectivity index (χ2n) is 3.37. The molecule has 0 spiro atoms. The molecular weight excluding hydrogens is 200 g/mol. The Morgan fingerprint density at radius 3 is 1.47 bits per heavy atom. The van der Waals surface area contributed by atoms with Gasteiger partial charge in [-0.2, -0.15) is 0 Å². The maximum absolute atomic E-state index is 5.55. The van der Waals surface area contributed by atoms with E-state index in [2.05, 4.69) is 24.3 Å². The Labute approximate surface area is 93.3 Å². The Hall–Kier alpha value is -1.38. The van der Waals surface area contributed by atoms with E-state index in [4.69, 9.17) is 4.43 Å². The van der Waals surface area contributed by atoms with Crippen molar-refractivity contribution in [2.24, 2.45) is 0 Å². The van der Waals surface area contributed by atoms with Crippen LogP contribution in [0.5, 0.6) is 0 Å². The highest BCUT2D eigenvalue weighted by Gasteiger charge is 2.10. The van der Waals surface area contributed by atoms with Crippen LogP contribution >= 0.6 is 0 Å². The predicted octanol–water partition coefficient (Wildman–Crippen LogP) is 2.34. The monoisotopic (exact) mass is 213 g/mol. The summed E-state index contributed by atoms with van der Waals surface area (Å²) in [5.74, 6) is 0. The third-order valence-electron chi connectivity index (χ3n) is 2.37. The fourth-order valence-corrected chi connectivity index (χ4v) is 2.03. The summed E-state index contributed by atoms with van der Waals surface area (Å²) in [5, 5.41) is 0. The lowest BCUT2D eigenvalue weighted by molar-refractivity contribution is 0.273. The average Bonchev–Trinajstić information content (AvgIpc) is 2.33. The van der Waals surface area contributed by atoms with E-state index in [1.165, 1.54) is 11.1 Å². The van der Waals surface area contributed by atoms with Gasteiger partial charge in [-0.25, -0.2) is 0 Å². The molecule has 75 valence electrons. The SMILES string of the molecule is [SiH2]OC(c1ccccc1)c1ccccc1. The van der Waals surface area contributed by atoms with Crippen LogP contribution in [0.25, 0.3) is 0 Å². The van der Waals surface area contributed by atoms with Crippen LogP contribution in [-0.2, 0) is 4.43 Å². The molecule has 15 heavy (non-hydrogen) atoms. The zero-order chi connectivity index (χ0) is 10.5. The molecule has 0 saturated carbocycles. The summed E-state index contributed by atoms with van der Waals surface area (Å²) in [5.41, 5.74) is 2.39. The quantitative estimate of drug-likeness (QED) is 0.711. The summed E-state index contributed by atoms with van der Waals surface area (Å²) < 4.78 is 5.55. The third kappa shape index (κ3) is 2.35. The molecule has 0 bridgehead atoms. The van der Waals surface area contributed by atoms with Crippen molar-refractivity contribution in [3.8, 4) is 0 Å². The minimum atomic E-state index is 0.0470. The topological polar surface area (TPSA) is 9.23 Å². The number of hydrogen-bond donors (Lipinski definition) is 0. The van der Waals surface area contributed by atoms with Crippen molar-refractivity contribution in [1.29, 1.82) is 0 Å². The van der Waals surface area contributed by atoms with Crippen LogP contribution in [0.3, 0.4) is 0 Å². The lowest BCUT2D eigenvalue weighted by atomic mass is 10.0. The summed E-state index contributed by atoms with van der Waals surface area (Å²) in [4.78, 5) is 0. The molecule has 2 heteroatoms. The first kappa shape index (κ1) is 10.1. The molecule has 0 heterocycles. The molecule has 2 aromatic rings. The van der Waals surface area contributed by atoms with E-state index in [9.17, 15) is 0 Å². The van der Waals surface area contributed by atoms with E-state index in [1.54, 1.807) is 10.5 Å². The first-order valence-electron chi connectivity index (χ1n) is 4.92. The maximum atomic E-state index is 5.55. The zero-order valence-corrected chi connectivity index (χ0v) is 9.88. The standard InChI is InChI=1S/C13H13OSi/c15-14-13(11-7-3-1-4-8-11)12-9-5-2-6-10-12/h1-10,13H,15H2. The predicted molar refractivity (Wildman–Crippen MR) is 64.4 cm³/mol. The Kier molecular flexibility index (Phi) is 3.32. The summed E-state index contributed by atoms with van der Waals surface area (Å²) in [6.45, 7) is 0. The average molecular weight is 213 g/mol. The van der Waals surface area contributed by atoms with Crippen molar-refractivity contribution in [3.05, 3.63) is 71.8 Å². The van der Waals surface area contributed by atoms with Gasteiger partial charge in [-0.15, -0.1) is 0 Å². The highest BCUT2D eigenvalue weighted by atomic mass is 28.2. The smallest absolute Gasteiger partial charge is 0.176 e. The van der Waals surface area contributed by atoms with Gasteiger partial charge in [-0.05, 0) is 11.1 Å². The van der Waals surface area contributed by atoms with Gasteiger partial charge in [0, 0.05) is 0 Å². The van der Waals surface area contributed by atoms with Gasteiger partial charge in [0.2, 0.25) is 0 Å². The molecule has 2 aromatic carbocycles. The fraction of sp³-hybridized carbons (Fsp3) is 0.0769. The second-order valence-corrected chi connectivity index (χ2v) is 3.70. The molecule has 0 aliphatic carbocycles. The van der Waals surface area contributed by atoms with E-state index >= 15 is 0 Å². The Balaban J connectivity index is 2.34. The normalized spacial score (nSPS) is 10.5. The molecule has 0 saturated heterocycles. The molecule has 1 nitrogen and oxygen atoms in total. The second kappa shape index (κ2) is 4.91. The minimum absolute atomic E-state index is 0.0470. The van der Waals surface area contributed by atoms with E-state index in [0.29, 0.717) is 0 Å². The van der Waals surface area contributed by atoms with Crippen LogP contribution in [0.2, 0.25) is 0 Å². The van der Waals surface area contributed by atoms with Gasteiger partial charge >= 0.3 is 0 Å². The molecule has 0 aliphatic rings. The van der Waals surface area contributed by atoms with Crippen LogP contribution in [0.4, 0.5) is 0 Å². The maximum Gasteiger partial charge on any atom is 0.176 e. The molecule has 1 radical (unpaired) electrons. The molecule has 2 rings (SSSR count). The third-order valence-corrected chi connectivity index (χ3v) is 2.70. The van der Waals surface area contributed by atoms with Gasteiger partial charge in [0.1, 0.15) is 0 Å². The summed E-state index contributed by atoms with van der Waals surface area (Å²) in [6, 6.07) is 20.5. The molecule has 0 unspecified atom stereocenters. The fourth-order valence-electron chi connectivity index (χ4n) is 1.64. The molecular formula is C13H13OSi. The van der Waals surface area contributed by atoms with Crippen LogP contribution in [0.1, 0.15) is 17.2 Å². The largest absolute Gasteiger partial charge is 0.414 e. The van der Waals surface area contributed by atoms with E-state index in [-0.39, 0.29) is 6.10 Å². The summed E-state index contributed by atoms with van der Waals surface area (Å²) >= 11 is 0. The number of rotatable bonds is 3. The van der Waals surface area contributed by atoms with Gasteiger partial charge in [-0.1, -0.05) is 60.7 Å². The number of hydrogen-bond acceptors (Lipinski definition) is 1. The Morgan fingerprint density at radius 2 is 1.13 bits per heavy atom. The highest BCUT2D eigenvalue weighted by molar-refractivity contribution is 5.98. The van der Waals surface area contributed by atoms with Crippen molar-refractivity contribution in [1.82, 2.24) is 0 Å². The van der Waals surface area contributed by atoms with Crippen LogP contribution in [0, 0.1) is 0 Å². The molecule has 0 atom stereocenters. The van der Waals surface area contributed by atoms with Gasteiger partial charge in [0.25, 0.3) is 0 Å². The van der Waals surface area contributed by atoms with Gasteiger partial charge in [-0.3, -0.25) is 0 Å². The highest BCUT2D eigenvalue weighted by Crippen LogP contribution is 2.24. The molecule has 0 fully saturated rings. The minimum Gasteiger partial charge on any atom is -0.414 e. The molecule has 0 amide bonds. The Morgan fingerprint density at radius 1 is 0.733 bits per heavy atom.